The third-order valence-corrected chi connectivity index (χ3v) is 2.11. The SMILES string of the molecule is CCCC(=O)N(CC)CC(C)C(=O)O. The molecule has 82 valence electrons. The average molecular weight is 201 g/mol. The second-order valence-electron chi connectivity index (χ2n) is 3.42. The lowest BCUT2D eigenvalue weighted by Gasteiger charge is -2.22. The van der Waals surface area contributed by atoms with Crippen LogP contribution in [0, 0.1) is 5.92 Å². The van der Waals surface area contributed by atoms with Gasteiger partial charge in [-0.2, -0.15) is 0 Å². The number of hydrogen-bond acceptors (Lipinski definition) is 2. The van der Waals surface area contributed by atoms with Crippen molar-refractivity contribution in [2.24, 2.45) is 5.92 Å². The van der Waals surface area contributed by atoms with Gasteiger partial charge in [0, 0.05) is 19.5 Å². The fourth-order valence-corrected chi connectivity index (χ4v) is 1.19. The van der Waals surface area contributed by atoms with Gasteiger partial charge in [0.2, 0.25) is 5.91 Å². The third-order valence-electron chi connectivity index (χ3n) is 2.11. The van der Waals surface area contributed by atoms with Gasteiger partial charge in [0.1, 0.15) is 0 Å². The maximum Gasteiger partial charge on any atom is 0.308 e. The average Bonchev–Trinajstić information content (AvgIpc) is 2.13. The van der Waals surface area contributed by atoms with Gasteiger partial charge in [0.15, 0.2) is 0 Å². The first-order valence-corrected chi connectivity index (χ1v) is 5.03. The molecule has 0 spiro atoms. The van der Waals surface area contributed by atoms with Crippen molar-refractivity contribution in [1.82, 2.24) is 4.90 Å². The number of carbonyl (C=O) groups excluding carboxylic acids is 1. The van der Waals surface area contributed by atoms with Gasteiger partial charge >= 0.3 is 5.97 Å². The van der Waals surface area contributed by atoms with Crippen LogP contribution in [0.1, 0.15) is 33.6 Å². The highest BCUT2D eigenvalue weighted by atomic mass is 16.4. The molecule has 4 heteroatoms. The van der Waals surface area contributed by atoms with Gasteiger partial charge in [-0.3, -0.25) is 9.59 Å². The third kappa shape index (κ3) is 4.25. The number of hydrogen-bond donors (Lipinski definition) is 1. The molecule has 0 aliphatic rings. The minimum absolute atomic E-state index is 0.0445. The summed E-state index contributed by atoms with van der Waals surface area (Å²) in [5.41, 5.74) is 0. The van der Waals surface area contributed by atoms with Gasteiger partial charge in [-0.1, -0.05) is 13.8 Å². The summed E-state index contributed by atoms with van der Waals surface area (Å²) in [6.07, 6.45) is 1.30. The van der Waals surface area contributed by atoms with Crippen molar-refractivity contribution in [2.75, 3.05) is 13.1 Å². The Balaban J connectivity index is 4.14. The lowest BCUT2D eigenvalue weighted by atomic mass is 10.1. The number of carbonyl (C=O) groups is 2. The summed E-state index contributed by atoms with van der Waals surface area (Å²) >= 11 is 0. The Labute approximate surface area is 84.9 Å². The Morgan fingerprint density at radius 1 is 1.36 bits per heavy atom. The molecule has 0 aromatic carbocycles. The maximum atomic E-state index is 11.5. The molecule has 0 saturated carbocycles. The number of amides is 1. The van der Waals surface area contributed by atoms with Crippen LogP contribution in [0.5, 0.6) is 0 Å². The Bertz CT molecular complexity index is 204. The van der Waals surface area contributed by atoms with Crippen molar-refractivity contribution in [3.05, 3.63) is 0 Å². The van der Waals surface area contributed by atoms with Crippen LogP contribution in [0.25, 0.3) is 0 Å². The zero-order chi connectivity index (χ0) is 11.1. The molecule has 0 radical (unpaired) electrons. The highest BCUT2D eigenvalue weighted by Gasteiger charge is 2.18. The minimum Gasteiger partial charge on any atom is -0.481 e. The Morgan fingerprint density at radius 3 is 2.29 bits per heavy atom. The molecule has 0 aliphatic carbocycles. The maximum absolute atomic E-state index is 11.5. The Kier molecular flexibility index (Phi) is 5.92. The van der Waals surface area contributed by atoms with Crippen LogP contribution in [0.2, 0.25) is 0 Å². The molecule has 0 saturated heterocycles. The van der Waals surface area contributed by atoms with Gasteiger partial charge in [-0.05, 0) is 13.3 Å². The molecule has 0 aromatic heterocycles. The van der Waals surface area contributed by atoms with Crippen molar-refractivity contribution in [3.8, 4) is 0 Å². The number of carboxylic acid groups (broad SMARTS) is 1. The number of rotatable bonds is 6. The van der Waals surface area contributed by atoms with Gasteiger partial charge in [-0.15, -0.1) is 0 Å². The van der Waals surface area contributed by atoms with E-state index in [2.05, 4.69) is 0 Å². The molecular formula is C10H19NO3. The molecule has 0 heterocycles. The van der Waals surface area contributed by atoms with Crippen LogP contribution >= 0.6 is 0 Å². The van der Waals surface area contributed by atoms with Crippen LogP contribution < -0.4 is 0 Å². The molecule has 1 atom stereocenters. The van der Waals surface area contributed by atoms with E-state index in [0.717, 1.165) is 6.42 Å². The molecule has 0 rings (SSSR count). The summed E-state index contributed by atoms with van der Waals surface area (Å²) in [4.78, 5) is 23.7. The monoisotopic (exact) mass is 201 g/mol. The Morgan fingerprint density at radius 2 is 1.93 bits per heavy atom. The van der Waals surface area contributed by atoms with Crippen LogP contribution in [0.3, 0.4) is 0 Å². The molecule has 0 aromatic rings. The van der Waals surface area contributed by atoms with E-state index in [1.807, 2.05) is 13.8 Å². The molecule has 4 nitrogen and oxygen atoms in total. The summed E-state index contributed by atoms with van der Waals surface area (Å²) in [6, 6.07) is 0. The first kappa shape index (κ1) is 12.9. The smallest absolute Gasteiger partial charge is 0.308 e. The van der Waals surface area contributed by atoms with E-state index in [1.165, 1.54) is 0 Å². The van der Waals surface area contributed by atoms with E-state index in [0.29, 0.717) is 19.5 Å². The fraction of sp³-hybridized carbons (Fsp3) is 0.800. The van der Waals surface area contributed by atoms with Gasteiger partial charge < -0.3 is 10.0 Å². The van der Waals surface area contributed by atoms with E-state index in [4.69, 9.17) is 5.11 Å². The number of aliphatic carboxylic acids is 1. The van der Waals surface area contributed by atoms with Crippen LogP contribution in [-0.4, -0.2) is 35.0 Å². The normalized spacial score (nSPS) is 12.2. The molecule has 0 bridgehead atoms. The highest BCUT2D eigenvalue weighted by molar-refractivity contribution is 5.77. The highest BCUT2D eigenvalue weighted by Crippen LogP contribution is 2.03. The van der Waals surface area contributed by atoms with E-state index >= 15 is 0 Å². The largest absolute Gasteiger partial charge is 0.481 e. The standard InChI is InChI=1S/C10H19NO3/c1-4-6-9(12)11(5-2)7-8(3)10(13)14/h8H,4-7H2,1-3H3,(H,13,14). The molecule has 1 amide bonds. The van der Waals surface area contributed by atoms with Crippen molar-refractivity contribution in [1.29, 1.82) is 0 Å². The minimum atomic E-state index is -0.854. The van der Waals surface area contributed by atoms with Crippen LogP contribution in [0.15, 0.2) is 0 Å². The lowest BCUT2D eigenvalue weighted by molar-refractivity contribution is -0.143. The summed E-state index contributed by atoms with van der Waals surface area (Å²) in [5, 5.41) is 8.70. The Hall–Kier alpha value is -1.06. The molecule has 0 aliphatic heterocycles. The van der Waals surface area contributed by atoms with Gasteiger partial charge in [0.25, 0.3) is 0 Å². The van der Waals surface area contributed by atoms with E-state index in [-0.39, 0.29) is 5.91 Å². The number of carboxylic acids is 1. The van der Waals surface area contributed by atoms with Crippen molar-refractivity contribution < 1.29 is 14.7 Å². The first-order valence-electron chi connectivity index (χ1n) is 5.03. The summed E-state index contributed by atoms with van der Waals surface area (Å²) in [7, 11) is 0. The van der Waals surface area contributed by atoms with Gasteiger partial charge in [-0.25, -0.2) is 0 Å². The van der Waals surface area contributed by atoms with Crippen molar-refractivity contribution in [3.63, 3.8) is 0 Å². The van der Waals surface area contributed by atoms with E-state index < -0.39 is 11.9 Å². The summed E-state index contributed by atoms with van der Waals surface area (Å²) < 4.78 is 0. The zero-order valence-electron chi connectivity index (χ0n) is 9.12. The van der Waals surface area contributed by atoms with Gasteiger partial charge in [0.05, 0.1) is 5.92 Å². The van der Waals surface area contributed by atoms with E-state index in [9.17, 15) is 9.59 Å². The summed E-state index contributed by atoms with van der Waals surface area (Å²) in [6.45, 7) is 6.31. The van der Waals surface area contributed by atoms with Crippen molar-refractivity contribution in [2.45, 2.75) is 33.6 Å². The molecule has 0 fully saturated rings. The van der Waals surface area contributed by atoms with Crippen molar-refractivity contribution >= 4 is 11.9 Å². The summed E-state index contributed by atoms with van der Waals surface area (Å²) in [5.74, 6) is -1.30. The molecule has 1 unspecified atom stereocenters. The second kappa shape index (κ2) is 6.40. The lowest BCUT2D eigenvalue weighted by Crippen LogP contribution is -2.36. The molecule has 14 heavy (non-hydrogen) atoms. The number of nitrogens with zero attached hydrogens (tertiary/aromatic N) is 1. The molecular weight excluding hydrogens is 182 g/mol. The second-order valence-corrected chi connectivity index (χ2v) is 3.42. The van der Waals surface area contributed by atoms with Crippen LogP contribution in [-0.2, 0) is 9.59 Å². The predicted molar refractivity (Wildman–Crippen MR) is 54.0 cm³/mol. The van der Waals surface area contributed by atoms with E-state index in [1.54, 1.807) is 11.8 Å². The first-order chi connectivity index (χ1) is 6.52. The predicted octanol–water partition coefficient (Wildman–Crippen LogP) is 1.36. The quantitative estimate of drug-likeness (QED) is 0.705. The fourth-order valence-electron chi connectivity index (χ4n) is 1.19. The topological polar surface area (TPSA) is 57.6 Å². The van der Waals surface area contributed by atoms with Crippen LogP contribution in [0.4, 0.5) is 0 Å². The zero-order valence-corrected chi connectivity index (χ0v) is 9.12. The molecule has 1 N–H and O–H groups in total.